The number of rotatable bonds is 7. The van der Waals surface area contributed by atoms with Crippen molar-refractivity contribution in [3.05, 3.63) is 90.6 Å². The Labute approximate surface area is 208 Å². The summed E-state index contributed by atoms with van der Waals surface area (Å²) < 4.78 is 12.8. The molecule has 4 aromatic rings. The van der Waals surface area contributed by atoms with Crippen LogP contribution >= 0.6 is 0 Å². The lowest BCUT2D eigenvalue weighted by molar-refractivity contribution is -0.135. The van der Waals surface area contributed by atoms with Crippen molar-refractivity contribution >= 4 is 34.2 Å². The van der Waals surface area contributed by atoms with Crippen LogP contribution in [0.5, 0.6) is 11.5 Å². The Balaban J connectivity index is 1.30. The lowest BCUT2D eigenvalue weighted by Crippen LogP contribution is -2.42. The fourth-order valence-corrected chi connectivity index (χ4v) is 4.16. The summed E-state index contributed by atoms with van der Waals surface area (Å²) in [4.78, 5) is 40.5. The Morgan fingerprint density at radius 1 is 0.833 bits per heavy atom. The van der Waals surface area contributed by atoms with Gasteiger partial charge in [-0.2, -0.15) is 0 Å². The van der Waals surface area contributed by atoms with E-state index in [1.165, 1.54) is 0 Å². The van der Waals surface area contributed by atoms with Crippen LogP contribution in [0.4, 0.5) is 5.69 Å². The molecule has 0 saturated carbocycles. The molecule has 8 heteroatoms. The van der Waals surface area contributed by atoms with E-state index in [1.54, 1.807) is 52.1 Å². The van der Waals surface area contributed by atoms with Crippen LogP contribution in [-0.2, 0) is 20.9 Å². The molecule has 0 atom stereocenters. The summed E-state index contributed by atoms with van der Waals surface area (Å²) in [7, 11) is 0. The molecule has 5 rings (SSSR count). The number of amides is 2. The minimum atomic E-state index is -0.755. The molecule has 0 unspecified atom stereocenters. The Kier molecular flexibility index (Phi) is 6.77. The molecule has 0 aliphatic carbocycles. The van der Waals surface area contributed by atoms with Crippen LogP contribution in [0.3, 0.4) is 0 Å². The molecule has 1 aliphatic rings. The Bertz CT molecular complexity index is 1390. The van der Waals surface area contributed by atoms with Crippen molar-refractivity contribution in [2.45, 2.75) is 6.54 Å². The standard InChI is InChI=1S/C28H25N3O5/c32-26(30-14-16-35-17-15-30)19-31-18-24(23-8-4-5-9-25(23)31)27(33)28(34)29-20-10-12-22(13-11-20)36-21-6-2-1-3-7-21/h1-13,18H,14-17,19H2,(H,29,34). The van der Waals surface area contributed by atoms with Crippen LogP contribution < -0.4 is 10.1 Å². The molecule has 1 fully saturated rings. The fourth-order valence-electron chi connectivity index (χ4n) is 4.16. The molecular formula is C28H25N3O5. The van der Waals surface area contributed by atoms with Crippen LogP contribution in [0.1, 0.15) is 10.4 Å². The van der Waals surface area contributed by atoms with E-state index in [1.807, 2.05) is 42.5 Å². The molecule has 1 aliphatic heterocycles. The number of hydrogen-bond acceptors (Lipinski definition) is 5. The largest absolute Gasteiger partial charge is 0.457 e. The van der Waals surface area contributed by atoms with Gasteiger partial charge in [-0.05, 0) is 42.5 Å². The highest BCUT2D eigenvalue weighted by atomic mass is 16.5. The molecule has 0 radical (unpaired) electrons. The lowest BCUT2D eigenvalue weighted by Gasteiger charge is -2.27. The minimum absolute atomic E-state index is 0.0553. The molecule has 1 saturated heterocycles. The number of nitrogens with zero attached hydrogens (tertiary/aromatic N) is 2. The summed E-state index contributed by atoms with van der Waals surface area (Å²) in [6.07, 6.45) is 1.59. The highest BCUT2D eigenvalue weighted by Gasteiger charge is 2.24. The van der Waals surface area contributed by atoms with Gasteiger partial charge in [0.2, 0.25) is 5.91 Å². The molecular weight excluding hydrogens is 458 g/mol. The Morgan fingerprint density at radius 2 is 1.50 bits per heavy atom. The van der Waals surface area contributed by atoms with Gasteiger partial charge in [0, 0.05) is 35.9 Å². The van der Waals surface area contributed by atoms with Crippen molar-refractivity contribution in [1.82, 2.24) is 9.47 Å². The maximum Gasteiger partial charge on any atom is 0.296 e. The van der Waals surface area contributed by atoms with E-state index in [0.717, 1.165) is 5.52 Å². The van der Waals surface area contributed by atoms with E-state index in [-0.39, 0.29) is 18.0 Å². The zero-order chi connectivity index (χ0) is 24.9. The summed E-state index contributed by atoms with van der Waals surface area (Å²) in [5.41, 5.74) is 1.44. The van der Waals surface area contributed by atoms with Crippen molar-refractivity contribution in [3.8, 4) is 11.5 Å². The van der Waals surface area contributed by atoms with Gasteiger partial charge in [-0.3, -0.25) is 14.4 Å². The number of Topliss-reactive ketones (excluding diaryl/α,β-unsaturated/α-hetero) is 1. The number of anilines is 1. The van der Waals surface area contributed by atoms with E-state index in [2.05, 4.69) is 5.32 Å². The first kappa shape index (κ1) is 23.3. The van der Waals surface area contributed by atoms with Crippen molar-refractivity contribution in [2.24, 2.45) is 0 Å². The van der Waals surface area contributed by atoms with Crippen LogP contribution in [0.15, 0.2) is 85.1 Å². The predicted molar refractivity (Wildman–Crippen MR) is 135 cm³/mol. The number of carbonyl (C=O) groups excluding carboxylic acids is 3. The molecule has 36 heavy (non-hydrogen) atoms. The molecule has 2 heterocycles. The van der Waals surface area contributed by atoms with Crippen molar-refractivity contribution in [3.63, 3.8) is 0 Å². The van der Waals surface area contributed by atoms with Gasteiger partial charge in [-0.15, -0.1) is 0 Å². The molecule has 0 bridgehead atoms. The smallest absolute Gasteiger partial charge is 0.296 e. The normalized spacial score (nSPS) is 13.4. The summed E-state index contributed by atoms with van der Waals surface area (Å²) >= 11 is 0. The first-order valence-electron chi connectivity index (χ1n) is 11.7. The van der Waals surface area contributed by atoms with Gasteiger partial charge < -0.3 is 24.3 Å². The second-order valence-corrected chi connectivity index (χ2v) is 8.40. The molecule has 3 aromatic carbocycles. The maximum atomic E-state index is 13.1. The van der Waals surface area contributed by atoms with Crippen LogP contribution in [-0.4, -0.2) is 53.4 Å². The number of fused-ring (bicyclic) bond motifs is 1. The van der Waals surface area contributed by atoms with Gasteiger partial charge in [-0.25, -0.2) is 0 Å². The second kappa shape index (κ2) is 10.5. The number of morpholine rings is 1. The number of hydrogen-bond donors (Lipinski definition) is 1. The first-order valence-corrected chi connectivity index (χ1v) is 11.7. The number of aromatic nitrogens is 1. The fraction of sp³-hybridized carbons (Fsp3) is 0.179. The third kappa shape index (κ3) is 5.13. The van der Waals surface area contributed by atoms with E-state index >= 15 is 0 Å². The number of carbonyl (C=O) groups is 3. The molecule has 1 aromatic heterocycles. The molecule has 1 N–H and O–H groups in total. The van der Waals surface area contributed by atoms with Gasteiger partial charge in [0.25, 0.3) is 11.7 Å². The zero-order valence-electron chi connectivity index (χ0n) is 19.6. The lowest BCUT2D eigenvalue weighted by atomic mass is 10.1. The molecule has 2 amide bonds. The van der Waals surface area contributed by atoms with E-state index < -0.39 is 11.7 Å². The summed E-state index contributed by atoms with van der Waals surface area (Å²) in [6, 6.07) is 23.4. The number of para-hydroxylation sites is 2. The monoisotopic (exact) mass is 483 g/mol. The van der Waals surface area contributed by atoms with Crippen molar-refractivity contribution in [2.75, 3.05) is 31.6 Å². The van der Waals surface area contributed by atoms with Gasteiger partial charge in [0.05, 0.1) is 18.8 Å². The third-order valence-electron chi connectivity index (χ3n) is 6.00. The van der Waals surface area contributed by atoms with Gasteiger partial charge in [0.15, 0.2) is 0 Å². The predicted octanol–water partition coefficient (Wildman–Crippen LogP) is 4.11. The average Bonchev–Trinajstić information content (AvgIpc) is 3.28. The molecule has 8 nitrogen and oxygen atoms in total. The van der Waals surface area contributed by atoms with Crippen molar-refractivity contribution in [1.29, 1.82) is 0 Å². The first-order chi connectivity index (χ1) is 17.6. The van der Waals surface area contributed by atoms with Gasteiger partial charge in [-0.1, -0.05) is 36.4 Å². The quantitative estimate of drug-likeness (QED) is 0.316. The van der Waals surface area contributed by atoms with E-state index in [0.29, 0.717) is 48.9 Å². The van der Waals surface area contributed by atoms with Crippen LogP contribution in [0.2, 0.25) is 0 Å². The summed E-state index contributed by atoms with van der Waals surface area (Å²) in [5.74, 6) is -0.172. The summed E-state index contributed by atoms with van der Waals surface area (Å²) in [6.45, 7) is 2.20. The Hall–Kier alpha value is -4.43. The number of benzene rings is 3. The number of ether oxygens (including phenoxy) is 2. The van der Waals surface area contributed by atoms with Crippen molar-refractivity contribution < 1.29 is 23.9 Å². The van der Waals surface area contributed by atoms with Crippen LogP contribution in [0.25, 0.3) is 10.9 Å². The minimum Gasteiger partial charge on any atom is -0.457 e. The van der Waals surface area contributed by atoms with Crippen LogP contribution in [0, 0.1) is 0 Å². The summed E-state index contributed by atoms with van der Waals surface area (Å²) in [5, 5.41) is 3.28. The highest BCUT2D eigenvalue weighted by molar-refractivity contribution is 6.48. The SMILES string of the molecule is O=C(Nc1ccc(Oc2ccccc2)cc1)C(=O)c1cn(CC(=O)N2CCOCC2)c2ccccc12. The topological polar surface area (TPSA) is 89.9 Å². The molecule has 0 spiro atoms. The second-order valence-electron chi connectivity index (χ2n) is 8.40. The average molecular weight is 484 g/mol. The zero-order valence-corrected chi connectivity index (χ0v) is 19.6. The Morgan fingerprint density at radius 3 is 2.25 bits per heavy atom. The number of ketones is 1. The van der Waals surface area contributed by atoms with Gasteiger partial charge >= 0.3 is 0 Å². The molecule has 182 valence electrons. The number of nitrogens with one attached hydrogen (secondary N) is 1. The third-order valence-corrected chi connectivity index (χ3v) is 6.00. The highest BCUT2D eigenvalue weighted by Crippen LogP contribution is 2.25. The maximum absolute atomic E-state index is 13.1. The van der Waals surface area contributed by atoms with E-state index in [4.69, 9.17) is 9.47 Å². The van der Waals surface area contributed by atoms with E-state index in [9.17, 15) is 14.4 Å². The van der Waals surface area contributed by atoms with Gasteiger partial charge in [0.1, 0.15) is 18.0 Å².